The van der Waals surface area contributed by atoms with Gasteiger partial charge >= 0.3 is 17.2 Å². The molecule has 0 heterocycles. The quantitative estimate of drug-likeness (QED) is 0.109. The second kappa shape index (κ2) is 9.72. The van der Waals surface area contributed by atoms with Gasteiger partial charge in [-0.1, -0.05) is 0 Å². The van der Waals surface area contributed by atoms with Crippen molar-refractivity contribution in [2.24, 2.45) is 0 Å². The summed E-state index contributed by atoms with van der Waals surface area (Å²) >= 11 is 5.10. The lowest BCUT2D eigenvalue weighted by molar-refractivity contribution is -0.385. The fraction of sp³-hybridized carbons (Fsp3) is 0.176. The molecule has 0 aliphatic carbocycles. The van der Waals surface area contributed by atoms with Gasteiger partial charge in [0.2, 0.25) is 0 Å². The smallest absolute Gasteiger partial charge is 0.370 e. The molecule has 15 heteroatoms. The molecular weight excluding hydrogens is 639 g/mol. The van der Waals surface area contributed by atoms with Crippen LogP contribution in [0, 0.1) is 13.7 Å². The zero-order chi connectivity index (χ0) is 24.4. The summed E-state index contributed by atoms with van der Waals surface area (Å²) in [5, 5.41) is 6.21. The van der Waals surface area contributed by atoms with E-state index in [-0.39, 0.29) is 11.3 Å². The van der Waals surface area contributed by atoms with Gasteiger partial charge in [-0.15, -0.1) is 0 Å². The third-order valence-corrected chi connectivity index (χ3v) is 6.19. The van der Waals surface area contributed by atoms with Crippen molar-refractivity contribution in [3.63, 3.8) is 0 Å². The Kier molecular flexibility index (Phi) is 7.90. The van der Waals surface area contributed by atoms with Gasteiger partial charge in [0.25, 0.3) is 5.69 Å². The highest BCUT2D eigenvalue weighted by atomic mass is 127. The molecule has 0 radical (unpaired) electrons. The molecule has 0 spiro atoms. The Morgan fingerprint density at radius 2 is 1.78 bits per heavy atom. The number of carbonyl (C=O) groups excluding carboxylic acids is 2. The molecule has 0 bridgehead atoms. The van der Waals surface area contributed by atoms with Crippen LogP contribution in [0.5, 0.6) is 5.75 Å². The molecule has 32 heavy (non-hydrogen) atoms. The van der Waals surface area contributed by atoms with Crippen molar-refractivity contribution in [1.82, 2.24) is 0 Å². The van der Waals surface area contributed by atoms with Crippen molar-refractivity contribution >= 4 is 66.3 Å². The lowest BCUT2D eigenvalue weighted by Crippen LogP contribution is -2.42. The molecular formula is C17H10BrF2INO9S-. The Labute approximate surface area is 201 Å². The van der Waals surface area contributed by atoms with Crippen LogP contribution in [0.3, 0.4) is 0 Å². The van der Waals surface area contributed by atoms with Gasteiger partial charge in [0.05, 0.1) is 10.5 Å². The Bertz CT molecular complexity index is 1210. The lowest BCUT2D eigenvalue weighted by Gasteiger charge is -2.25. The summed E-state index contributed by atoms with van der Waals surface area (Å²) in [5.74, 6) is -3.00. The predicted octanol–water partition coefficient (Wildman–Crippen LogP) is 3.86. The number of alkyl halides is 2. The minimum absolute atomic E-state index is 0.0910. The van der Waals surface area contributed by atoms with E-state index in [1.54, 1.807) is 12.1 Å². The van der Waals surface area contributed by atoms with Crippen LogP contribution in [0.2, 0.25) is 0 Å². The number of hydrogen-bond acceptors (Lipinski definition) is 9. The molecule has 172 valence electrons. The number of halogens is 4. The summed E-state index contributed by atoms with van der Waals surface area (Å²) in [6, 6.07) is 7.17. The highest BCUT2D eigenvalue weighted by Gasteiger charge is 2.47. The minimum atomic E-state index is -6.19. The SMILES string of the molecule is CC(OC(=O)c1cc(OC(=O)c2cc(I)ccc2Br)ccc1[N+](=O)[O-])C(F)(F)S(=O)(=O)[O-]. The van der Waals surface area contributed by atoms with Crippen LogP contribution in [0.1, 0.15) is 27.6 Å². The van der Waals surface area contributed by atoms with Crippen LogP contribution in [-0.4, -0.2) is 41.2 Å². The van der Waals surface area contributed by atoms with Gasteiger partial charge in [0, 0.05) is 20.2 Å². The van der Waals surface area contributed by atoms with Crippen LogP contribution in [0.4, 0.5) is 14.5 Å². The van der Waals surface area contributed by atoms with Crippen molar-refractivity contribution in [2.75, 3.05) is 0 Å². The number of esters is 2. The fourth-order valence-electron chi connectivity index (χ4n) is 2.21. The largest absolute Gasteiger partial charge is 0.743 e. The average Bonchev–Trinajstić information content (AvgIpc) is 2.68. The predicted molar refractivity (Wildman–Crippen MR) is 114 cm³/mol. The van der Waals surface area contributed by atoms with E-state index in [0.29, 0.717) is 21.0 Å². The number of nitrogens with zero attached hydrogens (tertiary/aromatic N) is 1. The molecule has 0 saturated carbocycles. The third kappa shape index (κ3) is 5.76. The first-order valence-corrected chi connectivity index (χ1v) is 11.4. The van der Waals surface area contributed by atoms with Gasteiger partial charge in [-0.3, -0.25) is 10.1 Å². The standard InChI is InChI=1S/C17H11BrF2INO9S/c1-8(17(19,20)32(27,28)29)30-16(24)12-7-10(3-5-14(12)22(25)26)31-15(23)11-6-9(21)2-4-13(11)18/h2-8H,1H3,(H,27,28,29)/p-1. The van der Waals surface area contributed by atoms with Crippen molar-refractivity contribution in [3.8, 4) is 5.75 Å². The lowest BCUT2D eigenvalue weighted by atomic mass is 10.1. The summed E-state index contributed by atoms with van der Waals surface area (Å²) in [4.78, 5) is 34.8. The maximum Gasteiger partial charge on any atom is 0.370 e. The first-order chi connectivity index (χ1) is 14.6. The van der Waals surface area contributed by atoms with E-state index >= 15 is 0 Å². The van der Waals surface area contributed by atoms with E-state index in [2.05, 4.69) is 20.7 Å². The van der Waals surface area contributed by atoms with Crippen molar-refractivity contribution in [2.45, 2.75) is 18.3 Å². The number of nitro benzene ring substituents is 1. The van der Waals surface area contributed by atoms with Crippen molar-refractivity contribution in [3.05, 3.63) is 65.7 Å². The molecule has 1 unspecified atom stereocenters. The van der Waals surface area contributed by atoms with E-state index in [1.165, 1.54) is 6.07 Å². The average molecular weight is 649 g/mol. The van der Waals surface area contributed by atoms with E-state index in [0.717, 1.165) is 12.1 Å². The number of carbonyl (C=O) groups is 2. The number of ether oxygens (including phenoxy) is 2. The van der Waals surface area contributed by atoms with Crippen LogP contribution in [0.15, 0.2) is 40.9 Å². The summed E-state index contributed by atoms with van der Waals surface area (Å²) in [7, 11) is -6.19. The Hall–Kier alpha value is -2.24. The molecule has 0 amide bonds. The van der Waals surface area contributed by atoms with Crippen LogP contribution in [0.25, 0.3) is 0 Å². The zero-order valence-electron chi connectivity index (χ0n) is 15.6. The Morgan fingerprint density at radius 3 is 2.34 bits per heavy atom. The first-order valence-electron chi connectivity index (χ1n) is 8.15. The number of hydrogen-bond donors (Lipinski definition) is 0. The van der Waals surface area contributed by atoms with E-state index in [1.807, 2.05) is 22.6 Å². The van der Waals surface area contributed by atoms with Gasteiger partial charge in [0.1, 0.15) is 11.3 Å². The summed E-state index contributed by atoms with van der Waals surface area (Å²) in [6.07, 6.45) is -2.76. The molecule has 0 fully saturated rings. The summed E-state index contributed by atoms with van der Waals surface area (Å²) < 4.78 is 69.6. The molecule has 1 atom stereocenters. The first kappa shape index (κ1) is 26.0. The second-order valence-electron chi connectivity index (χ2n) is 6.01. The molecule has 10 nitrogen and oxygen atoms in total. The van der Waals surface area contributed by atoms with Crippen molar-refractivity contribution < 1.29 is 45.7 Å². The van der Waals surface area contributed by atoms with Gasteiger partial charge in [-0.05, 0) is 69.7 Å². The molecule has 0 aliphatic heterocycles. The van der Waals surface area contributed by atoms with Crippen LogP contribution >= 0.6 is 38.5 Å². The third-order valence-electron chi connectivity index (χ3n) is 3.83. The van der Waals surface area contributed by atoms with Gasteiger partial charge in [-0.2, -0.15) is 8.78 Å². The van der Waals surface area contributed by atoms with Crippen LogP contribution < -0.4 is 4.74 Å². The van der Waals surface area contributed by atoms with Gasteiger partial charge in [-0.25, -0.2) is 18.0 Å². The van der Waals surface area contributed by atoms with Crippen LogP contribution in [-0.2, 0) is 14.9 Å². The fourth-order valence-corrected chi connectivity index (χ4v) is 3.57. The molecule has 0 saturated heterocycles. The number of benzene rings is 2. The maximum atomic E-state index is 13.6. The molecule has 2 aromatic carbocycles. The number of rotatable bonds is 7. The van der Waals surface area contributed by atoms with Crippen molar-refractivity contribution in [1.29, 1.82) is 0 Å². The highest BCUT2D eigenvalue weighted by Crippen LogP contribution is 2.31. The summed E-state index contributed by atoms with van der Waals surface area (Å²) in [5.41, 5.74) is -1.72. The number of nitro groups is 1. The highest BCUT2D eigenvalue weighted by molar-refractivity contribution is 14.1. The molecule has 2 aromatic rings. The zero-order valence-corrected chi connectivity index (χ0v) is 20.1. The minimum Gasteiger partial charge on any atom is -0.743 e. The summed E-state index contributed by atoms with van der Waals surface area (Å²) in [6.45, 7) is 0.428. The molecule has 0 aliphatic rings. The van der Waals surface area contributed by atoms with E-state index in [9.17, 15) is 41.5 Å². The normalized spacial score (nSPS) is 12.7. The molecule has 0 aromatic heterocycles. The maximum absolute atomic E-state index is 13.6. The molecule has 0 N–H and O–H groups in total. The van der Waals surface area contributed by atoms with E-state index in [4.69, 9.17) is 4.74 Å². The Morgan fingerprint density at radius 1 is 1.16 bits per heavy atom. The monoisotopic (exact) mass is 648 g/mol. The van der Waals surface area contributed by atoms with Gasteiger partial charge in [0.15, 0.2) is 16.2 Å². The molecule has 2 rings (SSSR count). The topological polar surface area (TPSA) is 153 Å². The Balaban J connectivity index is 2.37. The van der Waals surface area contributed by atoms with Gasteiger partial charge < -0.3 is 14.0 Å². The second-order valence-corrected chi connectivity index (χ2v) is 9.57. The van der Waals surface area contributed by atoms with E-state index < -0.39 is 49.6 Å².